The van der Waals surface area contributed by atoms with E-state index in [0.29, 0.717) is 0 Å². The lowest BCUT2D eigenvalue weighted by atomic mass is 10.1. The summed E-state index contributed by atoms with van der Waals surface area (Å²) in [6.07, 6.45) is 2.65. The minimum Gasteiger partial charge on any atom is -0.273 e. The fraction of sp³-hybridized carbons (Fsp3) is 0.267. The third kappa shape index (κ3) is 5.03. The number of hydrogen-bond donors (Lipinski definition) is 3. The Balaban J connectivity index is 1.83. The van der Waals surface area contributed by atoms with E-state index in [1.165, 1.54) is 5.56 Å². The van der Waals surface area contributed by atoms with Crippen LogP contribution in [0.1, 0.15) is 30.2 Å². The van der Waals surface area contributed by atoms with Gasteiger partial charge in [0.15, 0.2) is 0 Å². The molecule has 8 heteroatoms. The molecule has 0 bridgehead atoms. The second kappa shape index (κ2) is 7.83. The highest BCUT2D eigenvalue weighted by Crippen LogP contribution is 2.02. The van der Waals surface area contributed by atoms with Gasteiger partial charge in [0.05, 0.1) is 6.21 Å². The summed E-state index contributed by atoms with van der Waals surface area (Å²) in [6.45, 7) is 2.08. The molecule has 8 nitrogen and oxygen atoms in total. The summed E-state index contributed by atoms with van der Waals surface area (Å²) in [7, 11) is 0. The van der Waals surface area contributed by atoms with Gasteiger partial charge in [-0.25, -0.2) is 15.3 Å². The Hall–Kier alpha value is -3.03. The zero-order chi connectivity index (χ0) is 16.7. The highest BCUT2D eigenvalue weighted by Gasteiger charge is 2.06. The molecule has 2 aromatic rings. The van der Waals surface area contributed by atoms with Crippen LogP contribution in [0.3, 0.4) is 0 Å². The van der Waals surface area contributed by atoms with Gasteiger partial charge in [0.25, 0.3) is 5.56 Å². The Morgan fingerprint density at radius 1 is 1.30 bits per heavy atom. The first kappa shape index (κ1) is 16.3. The molecule has 2 rings (SSSR count). The summed E-state index contributed by atoms with van der Waals surface area (Å²) in [5, 5.41) is 9.57. The van der Waals surface area contributed by atoms with E-state index in [0.717, 1.165) is 12.0 Å². The second-order valence-electron chi connectivity index (χ2n) is 4.84. The van der Waals surface area contributed by atoms with Gasteiger partial charge in [-0.3, -0.25) is 14.6 Å². The largest absolute Gasteiger partial charge is 0.342 e. The van der Waals surface area contributed by atoms with Crippen LogP contribution in [-0.2, 0) is 17.6 Å². The van der Waals surface area contributed by atoms with Crippen molar-refractivity contribution in [3.05, 3.63) is 61.9 Å². The molecule has 0 saturated heterocycles. The highest BCUT2D eigenvalue weighted by atomic mass is 16.2. The van der Waals surface area contributed by atoms with Crippen LogP contribution in [0.2, 0.25) is 0 Å². The van der Waals surface area contributed by atoms with E-state index in [1.807, 2.05) is 29.2 Å². The number of aryl methyl sites for hydroxylation is 2. The molecule has 0 radical (unpaired) electrons. The molecule has 3 N–H and O–H groups in total. The van der Waals surface area contributed by atoms with Crippen LogP contribution in [0.4, 0.5) is 0 Å². The van der Waals surface area contributed by atoms with Crippen LogP contribution in [0.15, 0.2) is 39.0 Å². The summed E-state index contributed by atoms with van der Waals surface area (Å²) in [4.78, 5) is 35.9. The molecule has 23 heavy (non-hydrogen) atoms. The predicted molar refractivity (Wildman–Crippen MR) is 85.4 cm³/mol. The molecule has 120 valence electrons. The number of aromatic nitrogens is 3. The van der Waals surface area contributed by atoms with Crippen LogP contribution in [0, 0.1) is 0 Å². The molecule has 1 aromatic heterocycles. The van der Waals surface area contributed by atoms with Gasteiger partial charge in [0, 0.05) is 12.8 Å². The van der Waals surface area contributed by atoms with Crippen molar-refractivity contribution in [2.24, 2.45) is 5.10 Å². The van der Waals surface area contributed by atoms with Crippen molar-refractivity contribution in [2.45, 2.75) is 26.2 Å². The number of nitrogens with zero attached hydrogens (tertiary/aromatic N) is 2. The maximum atomic E-state index is 11.6. The van der Waals surface area contributed by atoms with Crippen molar-refractivity contribution < 1.29 is 4.79 Å². The molecule has 0 spiro atoms. The molecule has 0 aliphatic carbocycles. The van der Waals surface area contributed by atoms with Crippen molar-refractivity contribution in [1.82, 2.24) is 20.6 Å². The number of amides is 1. The SMILES string of the molecule is CCc1ccc(/C=N\NC(=O)CCc2n[nH]c(=O)[nH]c2=O)cc1. The number of aromatic amines is 2. The second-order valence-corrected chi connectivity index (χ2v) is 4.84. The van der Waals surface area contributed by atoms with Gasteiger partial charge in [-0.15, -0.1) is 0 Å². The number of hydrogen-bond acceptors (Lipinski definition) is 5. The third-order valence-electron chi connectivity index (χ3n) is 3.16. The minimum atomic E-state index is -0.679. The van der Waals surface area contributed by atoms with Crippen LogP contribution < -0.4 is 16.7 Å². The van der Waals surface area contributed by atoms with Crippen LogP contribution >= 0.6 is 0 Å². The molecule has 1 heterocycles. The summed E-state index contributed by atoms with van der Waals surface area (Å²) in [5.74, 6) is -0.348. The van der Waals surface area contributed by atoms with Gasteiger partial charge in [-0.1, -0.05) is 31.2 Å². The average Bonchev–Trinajstić information content (AvgIpc) is 2.54. The number of benzene rings is 1. The lowest BCUT2D eigenvalue weighted by Gasteiger charge is -2.00. The average molecular weight is 315 g/mol. The fourth-order valence-corrected chi connectivity index (χ4v) is 1.85. The molecular weight excluding hydrogens is 298 g/mol. The van der Waals surface area contributed by atoms with Gasteiger partial charge in [-0.2, -0.15) is 10.2 Å². The number of hydrazone groups is 1. The summed E-state index contributed by atoms with van der Waals surface area (Å²) in [5.41, 5.74) is 3.30. The molecule has 0 aliphatic rings. The van der Waals surface area contributed by atoms with Gasteiger partial charge in [-0.05, 0) is 17.5 Å². The van der Waals surface area contributed by atoms with E-state index in [9.17, 15) is 14.4 Å². The predicted octanol–water partition coefficient (Wildman–Crippen LogP) is 0.104. The van der Waals surface area contributed by atoms with Gasteiger partial charge in [0.1, 0.15) is 5.69 Å². The molecule has 1 aromatic carbocycles. The van der Waals surface area contributed by atoms with E-state index >= 15 is 0 Å². The minimum absolute atomic E-state index is 0.0359. The van der Waals surface area contributed by atoms with E-state index in [4.69, 9.17) is 0 Å². The van der Waals surface area contributed by atoms with E-state index in [2.05, 4.69) is 27.6 Å². The van der Waals surface area contributed by atoms with Crippen LogP contribution in [-0.4, -0.2) is 27.3 Å². The van der Waals surface area contributed by atoms with Crippen molar-refractivity contribution in [3.8, 4) is 0 Å². The summed E-state index contributed by atoms with van der Waals surface area (Å²) < 4.78 is 0. The molecule has 0 atom stereocenters. The first-order valence-corrected chi connectivity index (χ1v) is 7.17. The van der Waals surface area contributed by atoms with Crippen molar-refractivity contribution in [3.63, 3.8) is 0 Å². The normalized spacial score (nSPS) is 10.8. The zero-order valence-corrected chi connectivity index (χ0v) is 12.6. The molecular formula is C15H17N5O3. The number of nitrogens with one attached hydrogen (secondary N) is 3. The smallest absolute Gasteiger partial charge is 0.273 e. The topological polar surface area (TPSA) is 120 Å². The first-order valence-electron chi connectivity index (χ1n) is 7.17. The maximum absolute atomic E-state index is 11.6. The third-order valence-corrected chi connectivity index (χ3v) is 3.16. The Labute approximate surface area is 131 Å². The van der Waals surface area contributed by atoms with Gasteiger partial charge in [0.2, 0.25) is 5.91 Å². The number of H-pyrrole nitrogens is 2. The highest BCUT2D eigenvalue weighted by molar-refractivity contribution is 5.82. The van der Waals surface area contributed by atoms with E-state index in [1.54, 1.807) is 6.21 Å². The van der Waals surface area contributed by atoms with Crippen LogP contribution in [0.5, 0.6) is 0 Å². The quantitative estimate of drug-likeness (QED) is 0.517. The first-order chi connectivity index (χ1) is 11.1. The fourth-order valence-electron chi connectivity index (χ4n) is 1.85. The molecule has 1 amide bonds. The summed E-state index contributed by atoms with van der Waals surface area (Å²) in [6, 6.07) is 7.82. The van der Waals surface area contributed by atoms with Crippen molar-refractivity contribution in [2.75, 3.05) is 0 Å². The monoisotopic (exact) mass is 315 g/mol. The Kier molecular flexibility index (Phi) is 5.56. The Bertz CT molecular complexity index is 805. The maximum Gasteiger partial charge on any atom is 0.342 e. The zero-order valence-electron chi connectivity index (χ0n) is 12.6. The van der Waals surface area contributed by atoms with Gasteiger partial charge >= 0.3 is 5.69 Å². The molecule has 0 aliphatic heterocycles. The Morgan fingerprint density at radius 2 is 2.04 bits per heavy atom. The lowest BCUT2D eigenvalue weighted by Crippen LogP contribution is -2.28. The van der Waals surface area contributed by atoms with Crippen molar-refractivity contribution in [1.29, 1.82) is 0 Å². The van der Waals surface area contributed by atoms with Crippen molar-refractivity contribution >= 4 is 12.1 Å². The Morgan fingerprint density at radius 3 is 2.70 bits per heavy atom. The number of carbonyl (C=O) groups excluding carboxylic acids is 1. The number of rotatable bonds is 6. The van der Waals surface area contributed by atoms with E-state index in [-0.39, 0.29) is 24.4 Å². The lowest BCUT2D eigenvalue weighted by molar-refractivity contribution is -0.121. The molecule has 0 unspecified atom stereocenters. The van der Waals surface area contributed by atoms with Crippen LogP contribution in [0.25, 0.3) is 0 Å². The standard InChI is InChI=1S/C15H17N5O3/c1-2-10-3-5-11(6-4-10)9-16-19-13(21)8-7-12-14(22)17-15(23)20-18-12/h3-6,9H,2,7-8H2,1H3,(H,19,21)(H2,17,20,22,23)/b16-9-. The van der Waals surface area contributed by atoms with E-state index < -0.39 is 11.2 Å². The molecule has 0 fully saturated rings. The summed E-state index contributed by atoms with van der Waals surface area (Å²) >= 11 is 0. The number of carbonyl (C=O) groups is 1. The molecule has 0 saturated carbocycles. The van der Waals surface area contributed by atoms with Gasteiger partial charge < -0.3 is 0 Å².